The Morgan fingerprint density at radius 3 is 2.78 bits per heavy atom. The van der Waals surface area contributed by atoms with Crippen LogP contribution in [0.1, 0.15) is 24.4 Å². The summed E-state index contributed by atoms with van der Waals surface area (Å²) in [6.07, 6.45) is 5.92. The molecule has 0 aliphatic carbocycles. The van der Waals surface area contributed by atoms with Gasteiger partial charge in [-0.2, -0.15) is 0 Å². The van der Waals surface area contributed by atoms with E-state index in [2.05, 4.69) is 40.2 Å². The number of pyridine rings is 1. The van der Waals surface area contributed by atoms with Gasteiger partial charge in [0.25, 0.3) is 0 Å². The lowest BCUT2D eigenvalue weighted by Gasteiger charge is -2.27. The lowest BCUT2D eigenvalue weighted by atomic mass is 10.0. The highest BCUT2D eigenvalue weighted by Gasteiger charge is 2.27. The molecule has 1 saturated heterocycles. The first-order valence-electron chi connectivity index (χ1n) is 6.27. The fraction of sp³-hybridized carbons (Fsp3) is 0.267. The Hall–Kier alpha value is -1.54. The topological polar surface area (TPSA) is 16.1 Å². The van der Waals surface area contributed by atoms with Crippen LogP contribution in [-0.2, 0) is 0 Å². The van der Waals surface area contributed by atoms with Crippen molar-refractivity contribution in [3.8, 4) is 0 Å². The second kappa shape index (κ2) is 4.99. The Labute approximate surface area is 112 Å². The number of anilines is 1. The zero-order valence-corrected chi connectivity index (χ0v) is 10.8. The number of hydrogen-bond donors (Lipinski definition) is 0. The summed E-state index contributed by atoms with van der Waals surface area (Å²) in [6.45, 7) is 1.06. The standard InChI is InChI=1S/C15H15ClN2/c16-13-11-17-9-8-15(13)18-10-4-7-14(18)12-5-2-1-3-6-12/h1-3,5-6,8-9,11,14H,4,7,10H2. The Morgan fingerprint density at radius 2 is 2.00 bits per heavy atom. The predicted molar refractivity (Wildman–Crippen MR) is 75.0 cm³/mol. The summed E-state index contributed by atoms with van der Waals surface area (Å²) in [5, 5.41) is 0.736. The maximum Gasteiger partial charge on any atom is 0.0822 e. The van der Waals surface area contributed by atoms with E-state index in [1.807, 2.05) is 12.3 Å². The van der Waals surface area contributed by atoms with E-state index < -0.39 is 0 Å². The third-order valence-electron chi connectivity index (χ3n) is 3.50. The highest BCUT2D eigenvalue weighted by molar-refractivity contribution is 6.33. The van der Waals surface area contributed by atoms with Crippen molar-refractivity contribution in [3.63, 3.8) is 0 Å². The number of aromatic nitrogens is 1. The summed E-state index contributed by atoms with van der Waals surface area (Å²) in [7, 11) is 0. The molecule has 92 valence electrons. The minimum absolute atomic E-state index is 0.436. The first-order chi connectivity index (χ1) is 8.86. The van der Waals surface area contributed by atoms with Gasteiger partial charge in [0.1, 0.15) is 0 Å². The van der Waals surface area contributed by atoms with E-state index in [0.29, 0.717) is 6.04 Å². The van der Waals surface area contributed by atoms with Crippen LogP contribution >= 0.6 is 11.6 Å². The van der Waals surface area contributed by atoms with E-state index in [1.165, 1.54) is 18.4 Å². The Morgan fingerprint density at radius 1 is 1.17 bits per heavy atom. The van der Waals surface area contributed by atoms with Gasteiger partial charge in [-0.25, -0.2) is 0 Å². The van der Waals surface area contributed by atoms with Gasteiger partial charge in [0.05, 0.1) is 16.8 Å². The van der Waals surface area contributed by atoms with Crippen molar-refractivity contribution in [3.05, 3.63) is 59.4 Å². The third kappa shape index (κ3) is 2.08. The molecule has 0 amide bonds. The van der Waals surface area contributed by atoms with Crippen LogP contribution in [0.2, 0.25) is 5.02 Å². The monoisotopic (exact) mass is 258 g/mol. The molecule has 2 aromatic rings. The van der Waals surface area contributed by atoms with Crippen LogP contribution in [0.5, 0.6) is 0 Å². The highest BCUT2D eigenvalue weighted by Crippen LogP contribution is 2.38. The zero-order valence-electron chi connectivity index (χ0n) is 10.1. The SMILES string of the molecule is Clc1cnccc1N1CCCC1c1ccccc1. The molecule has 2 heterocycles. The van der Waals surface area contributed by atoms with E-state index in [-0.39, 0.29) is 0 Å². The van der Waals surface area contributed by atoms with E-state index in [9.17, 15) is 0 Å². The molecule has 1 unspecified atom stereocenters. The van der Waals surface area contributed by atoms with Gasteiger partial charge in [-0.3, -0.25) is 4.98 Å². The molecule has 3 rings (SSSR count). The van der Waals surface area contributed by atoms with Crippen molar-refractivity contribution in [2.75, 3.05) is 11.4 Å². The summed E-state index contributed by atoms with van der Waals surface area (Å²) in [4.78, 5) is 6.44. The average Bonchev–Trinajstić information content (AvgIpc) is 2.89. The van der Waals surface area contributed by atoms with E-state index >= 15 is 0 Å². The average molecular weight is 259 g/mol. The van der Waals surface area contributed by atoms with E-state index in [1.54, 1.807) is 6.20 Å². The summed E-state index contributed by atoms with van der Waals surface area (Å²) < 4.78 is 0. The van der Waals surface area contributed by atoms with Crippen LogP contribution in [0, 0.1) is 0 Å². The molecular formula is C15H15ClN2. The molecule has 0 radical (unpaired) electrons. The summed E-state index contributed by atoms with van der Waals surface area (Å²) in [5.41, 5.74) is 2.46. The predicted octanol–water partition coefficient (Wildman–Crippen LogP) is 4.08. The van der Waals surface area contributed by atoms with Crippen molar-refractivity contribution in [2.24, 2.45) is 0 Å². The molecule has 0 N–H and O–H groups in total. The van der Waals surface area contributed by atoms with Crippen LogP contribution in [0.15, 0.2) is 48.8 Å². The second-order valence-corrected chi connectivity index (χ2v) is 5.00. The quantitative estimate of drug-likeness (QED) is 0.807. The molecule has 2 nitrogen and oxygen atoms in total. The van der Waals surface area contributed by atoms with Crippen LogP contribution in [-0.4, -0.2) is 11.5 Å². The molecule has 0 saturated carbocycles. The number of benzene rings is 1. The molecule has 1 fully saturated rings. The minimum Gasteiger partial charge on any atom is -0.363 e. The van der Waals surface area contributed by atoms with Gasteiger partial charge >= 0.3 is 0 Å². The van der Waals surface area contributed by atoms with Crippen LogP contribution < -0.4 is 4.90 Å². The normalized spacial score (nSPS) is 19.2. The maximum absolute atomic E-state index is 6.25. The van der Waals surface area contributed by atoms with Gasteiger partial charge in [-0.15, -0.1) is 0 Å². The first kappa shape index (κ1) is 11.5. The van der Waals surface area contributed by atoms with E-state index in [0.717, 1.165) is 17.3 Å². The molecule has 1 aliphatic heterocycles. The second-order valence-electron chi connectivity index (χ2n) is 4.59. The van der Waals surface area contributed by atoms with Crippen molar-refractivity contribution < 1.29 is 0 Å². The summed E-state index contributed by atoms with van der Waals surface area (Å²) in [5.74, 6) is 0. The molecule has 1 aromatic carbocycles. The molecule has 1 aliphatic rings. The molecular weight excluding hydrogens is 244 g/mol. The van der Waals surface area contributed by atoms with Gasteiger partial charge in [-0.1, -0.05) is 41.9 Å². The number of hydrogen-bond acceptors (Lipinski definition) is 2. The lowest BCUT2D eigenvalue weighted by molar-refractivity contribution is 0.719. The summed E-state index contributed by atoms with van der Waals surface area (Å²) >= 11 is 6.25. The van der Waals surface area contributed by atoms with Crippen molar-refractivity contribution >= 4 is 17.3 Å². The number of halogens is 1. The van der Waals surface area contributed by atoms with Crippen molar-refractivity contribution in [2.45, 2.75) is 18.9 Å². The fourth-order valence-electron chi connectivity index (χ4n) is 2.68. The van der Waals surface area contributed by atoms with Crippen LogP contribution in [0.3, 0.4) is 0 Å². The molecule has 0 spiro atoms. The highest BCUT2D eigenvalue weighted by atomic mass is 35.5. The number of nitrogens with zero attached hydrogens (tertiary/aromatic N) is 2. The van der Waals surface area contributed by atoms with Gasteiger partial charge in [0.2, 0.25) is 0 Å². The smallest absolute Gasteiger partial charge is 0.0822 e. The maximum atomic E-state index is 6.25. The first-order valence-corrected chi connectivity index (χ1v) is 6.65. The van der Waals surface area contributed by atoms with Gasteiger partial charge in [0, 0.05) is 18.9 Å². The van der Waals surface area contributed by atoms with Crippen molar-refractivity contribution in [1.29, 1.82) is 0 Å². The minimum atomic E-state index is 0.436. The molecule has 0 bridgehead atoms. The van der Waals surface area contributed by atoms with Crippen LogP contribution in [0.4, 0.5) is 5.69 Å². The lowest BCUT2D eigenvalue weighted by Crippen LogP contribution is -2.22. The summed E-state index contributed by atoms with van der Waals surface area (Å²) in [6, 6.07) is 13.1. The van der Waals surface area contributed by atoms with Gasteiger partial charge in [-0.05, 0) is 24.5 Å². The van der Waals surface area contributed by atoms with Crippen LogP contribution in [0.25, 0.3) is 0 Å². The Bertz CT molecular complexity index is 527. The fourth-order valence-corrected chi connectivity index (χ4v) is 2.91. The number of rotatable bonds is 2. The Balaban J connectivity index is 1.95. The molecule has 18 heavy (non-hydrogen) atoms. The molecule has 3 heteroatoms. The zero-order chi connectivity index (χ0) is 12.4. The molecule has 1 aromatic heterocycles. The van der Waals surface area contributed by atoms with E-state index in [4.69, 9.17) is 11.6 Å². The largest absolute Gasteiger partial charge is 0.363 e. The van der Waals surface area contributed by atoms with Gasteiger partial charge in [0.15, 0.2) is 0 Å². The third-order valence-corrected chi connectivity index (χ3v) is 3.79. The van der Waals surface area contributed by atoms with Gasteiger partial charge < -0.3 is 4.90 Å². The van der Waals surface area contributed by atoms with Crippen molar-refractivity contribution in [1.82, 2.24) is 4.98 Å². The Kier molecular flexibility index (Phi) is 3.20. The molecule has 1 atom stereocenters.